The van der Waals surface area contributed by atoms with Crippen molar-refractivity contribution in [1.29, 1.82) is 0 Å². The molecule has 0 fully saturated rings. The summed E-state index contributed by atoms with van der Waals surface area (Å²) in [6.07, 6.45) is 2.46. The molecule has 0 spiro atoms. The van der Waals surface area contributed by atoms with Gasteiger partial charge in [-0.3, -0.25) is 4.68 Å². The van der Waals surface area contributed by atoms with Crippen LogP contribution in [0.2, 0.25) is 5.15 Å². The zero-order valence-electron chi connectivity index (χ0n) is 12.0. The molecule has 0 aliphatic rings. The van der Waals surface area contributed by atoms with Crippen LogP contribution in [0.3, 0.4) is 0 Å². The summed E-state index contributed by atoms with van der Waals surface area (Å²) in [4.78, 5) is 0. The number of nitrogens with zero attached hydrogens (tertiary/aromatic N) is 2. The number of hydrogen-bond acceptors (Lipinski definition) is 3. The fourth-order valence-corrected chi connectivity index (χ4v) is 2.78. The first-order valence-corrected chi connectivity index (χ1v) is 6.78. The topological polar surface area (TPSA) is 53.1 Å². The Labute approximate surface area is 114 Å². The minimum Gasteiger partial charge on any atom is -0.377 e. The number of halogens is 1. The summed E-state index contributed by atoms with van der Waals surface area (Å²) in [6, 6.07) is -0.0853. The van der Waals surface area contributed by atoms with Gasteiger partial charge in [0, 0.05) is 25.8 Å². The average molecular weight is 274 g/mol. The Morgan fingerprint density at radius 2 is 2.00 bits per heavy atom. The molecular formula is C13H24ClN3O. The van der Waals surface area contributed by atoms with Crippen LogP contribution in [0.15, 0.2) is 0 Å². The van der Waals surface area contributed by atoms with Crippen molar-refractivity contribution in [3.63, 3.8) is 0 Å². The first kappa shape index (κ1) is 15.5. The number of rotatable bonds is 6. The van der Waals surface area contributed by atoms with E-state index in [-0.39, 0.29) is 11.6 Å². The van der Waals surface area contributed by atoms with Crippen LogP contribution in [-0.2, 0) is 18.2 Å². The first-order chi connectivity index (χ1) is 8.41. The van der Waals surface area contributed by atoms with Crippen LogP contribution in [0.5, 0.6) is 0 Å². The monoisotopic (exact) mass is 273 g/mol. The smallest absolute Gasteiger partial charge is 0.130 e. The fraction of sp³-hybridized carbons (Fsp3) is 0.769. The molecule has 1 unspecified atom stereocenters. The second-order valence-electron chi connectivity index (χ2n) is 4.77. The van der Waals surface area contributed by atoms with Crippen LogP contribution in [0.25, 0.3) is 0 Å². The second kappa shape index (κ2) is 6.04. The van der Waals surface area contributed by atoms with Gasteiger partial charge in [0.05, 0.1) is 11.3 Å². The van der Waals surface area contributed by atoms with Crippen molar-refractivity contribution in [3.05, 3.63) is 16.4 Å². The van der Waals surface area contributed by atoms with Crippen LogP contribution in [0.1, 0.15) is 37.9 Å². The minimum atomic E-state index is -0.286. The third-order valence-corrected chi connectivity index (χ3v) is 4.45. The highest BCUT2D eigenvalue weighted by atomic mass is 35.5. The SMILES string of the molecule is CCC(CC)(OC)C(N)Cc1c(C)nn(C)c1Cl. The van der Waals surface area contributed by atoms with Crippen LogP contribution < -0.4 is 5.73 Å². The predicted molar refractivity (Wildman–Crippen MR) is 75.0 cm³/mol. The van der Waals surface area contributed by atoms with Gasteiger partial charge in [0.2, 0.25) is 0 Å². The van der Waals surface area contributed by atoms with Crippen LogP contribution >= 0.6 is 11.6 Å². The van der Waals surface area contributed by atoms with Gasteiger partial charge in [-0.25, -0.2) is 0 Å². The molecule has 0 amide bonds. The standard InChI is InChI=1S/C13H24ClN3O/c1-6-13(7-2,18-5)11(15)8-10-9(3)16-17(4)12(10)14/h11H,6-8,15H2,1-5H3. The van der Waals surface area contributed by atoms with Crippen LogP contribution in [0, 0.1) is 6.92 Å². The van der Waals surface area contributed by atoms with Gasteiger partial charge in [0.1, 0.15) is 5.15 Å². The highest BCUT2D eigenvalue weighted by Gasteiger charge is 2.34. The van der Waals surface area contributed by atoms with Gasteiger partial charge in [0.25, 0.3) is 0 Å². The summed E-state index contributed by atoms with van der Waals surface area (Å²) in [7, 11) is 3.57. The number of hydrogen-bond donors (Lipinski definition) is 1. The van der Waals surface area contributed by atoms with E-state index in [0.29, 0.717) is 11.6 Å². The number of methoxy groups -OCH3 is 1. The quantitative estimate of drug-likeness (QED) is 0.866. The van der Waals surface area contributed by atoms with Gasteiger partial charge in [-0.1, -0.05) is 25.4 Å². The zero-order valence-corrected chi connectivity index (χ0v) is 12.7. The number of aromatic nitrogens is 2. The summed E-state index contributed by atoms with van der Waals surface area (Å²) >= 11 is 6.24. The normalized spacial score (nSPS) is 13.9. The van der Waals surface area contributed by atoms with Gasteiger partial charge in [-0.05, 0) is 26.2 Å². The van der Waals surface area contributed by atoms with Crippen LogP contribution in [0.4, 0.5) is 0 Å². The Balaban J connectivity index is 2.96. The maximum atomic E-state index is 6.34. The van der Waals surface area contributed by atoms with E-state index in [0.717, 1.165) is 24.1 Å². The largest absolute Gasteiger partial charge is 0.377 e. The van der Waals surface area contributed by atoms with E-state index in [4.69, 9.17) is 22.1 Å². The Morgan fingerprint density at radius 1 is 1.44 bits per heavy atom. The van der Waals surface area contributed by atoms with Crippen molar-refractivity contribution in [2.75, 3.05) is 7.11 Å². The Bertz CT molecular complexity index is 391. The summed E-state index contributed by atoms with van der Waals surface area (Å²) in [5.74, 6) is 0. The molecule has 1 rings (SSSR count). The molecule has 5 heteroatoms. The van der Waals surface area contributed by atoms with E-state index < -0.39 is 0 Å². The third kappa shape index (κ3) is 2.71. The van der Waals surface area contributed by atoms with Gasteiger partial charge in [0.15, 0.2) is 0 Å². The van der Waals surface area contributed by atoms with Crippen molar-refractivity contribution in [2.45, 2.75) is 51.7 Å². The summed E-state index contributed by atoms with van der Waals surface area (Å²) in [6.45, 7) is 6.16. The van der Waals surface area contributed by atoms with Crippen molar-refractivity contribution in [2.24, 2.45) is 12.8 Å². The molecule has 0 aliphatic heterocycles. The Kier molecular flexibility index (Phi) is 5.20. The Hall–Kier alpha value is -0.580. The third-order valence-electron chi connectivity index (χ3n) is 3.97. The maximum Gasteiger partial charge on any atom is 0.130 e. The molecule has 1 atom stereocenters. The maximum absolute atomic E-state index is 6.34. The minimum absolute atomic E-state index is 0.0853. The van der Waals surface area contributed by atoms with Crippen molar-refractivity contribution < 1.29 is 4.74 Å². The number of nitrogens with two attached hydrogens (primary N) is 1. The first-order valence-electron chi connectivity index (χ1n) is 6.40. The number of aryl methyl sites for hydroxylation is 2. The van der Waals surface area contributed by atoms with Gasteiger partial charge >= 0.3 is 0 Å². The van der Waals surface area contributed by atoms with Gasteiger partial charge in [-0.15, -0.1) is 0 Å². The molecule has 104 valence electrons. The van der Waals surface area contributed by atoms with E-state index in [1.807, 2.05) is 14.0 Å². The van der Waals surface area contributed by atoms with E-state index >= 15 is 0 Å². The lowest BCUT2D eigenvalue weighted by atomic mass is 9.85. The molecule has 0 radical (unpaired) electrons. The molecule has 0 saturated carbocycles. The van der Waals surface area contributed by atoms with E-state index in [2.05, 4.69) is 18.9 Å². The molecule has 1 aromatic heterocycles. The lowest BCUT2D eigenvalue weighted by Crippen LogP contribution is -2.50. The number of ether oxygens (including phenoxy) is 1. The van der Waals surface area contributed by atoms with Crippen LogP contribution in [-0.4, -0.2) is 28.5 Å². The predicted octanol–water partition coefficient (Wildman–Crippen LogP) is 2.46. The highest BCUT2D eigenvalue weighted by Crippen LogP contribution is 2.28. The van der Waals surface area contributed by atoms with Crippen molar-refractivity contribution in [1.82, 2.24) is 9.78 Å². The summed E-state index contributed by atoms with van der Waals surface area (Å²) < 4.78 is 7.35. The second-order valence-corrected chi connectivity index (χ2v) is 5.12. The lowest BCUT2D eigenvalue weighted by Gasteiger charge is -2.36. The van der Waals surface area contributed by atoms with Gasteiger partial charge < -0.3 is 10.5 Å². The molecule has 4 nitrogen and oxygen atoms in total. The van der Waals surface area contributed by atoms with E-state index in [9.17, 15) is 0 Å². The molecule has 18 heavy (non-hydrogen) atoms. The molecule has 1 aromatic rings. The zero-order chi connectivity index (χ0) is 13.9. The molecule has 0 saturated heterocycles. The molecular weight excluding hydrogens is 250 g/mol. The Morgan fingerprint density at radius 3 is 2.33 bits per heavy atom. The van der Waals surface area contributed by atoms with Crippen molar-refractivity contribution >= 4 is 11.6 Å². The van der Waals surface area contributed by atoms with E-state index in [1.165, 1.54) is 0 Å². The molecule has 0 aromatic carbocycles. The molecule has 1 heterocycles. The molecule has 0 bridgehead atoms. The van der Waals surface area contributed by atoms with Crippen molar-refractivity contribution in [3.8, 4) is 0 Å². The van der Waals surface area contributed by atoms with Gasteiger partial charge in [-0.2, -0.15) is 5.10 Å². The highest BCUT2D eigenvalue weighted by molar-refractivity contribution is 6.30. The average Bonchev–Trinajstić information content (AvgIpc) is 2.59. The molecule has 0 aliphatic carbocycles. The summed E-state index contributed by atoms with van der Waals surface area (Å²) in [5.41, 5.74) is 8.02. The lowest BCUT2D eigenvalue weighted by molar-refractivity contribution is -0.0374. The fourth-order valence-electron chi connectivity index (χ4n) is 2.53. The molecule has 2 N–H and O–H groups in total. The van der Waals surface area contributed by atoms with E-state index in [1.54, 1.807) is 11.8 Å². The summed E-state index contributed by atoms with van der Waals surface area (Å²) in [5, 5.41) is 4.98.